The van der Waals surface area contributed by atoms with E-state index in [1.54, 1.807) is 25.2 Å². The lowest BCUT2D eigenvalue weighted by Gasteiger charge is -2.19. The summed E-state index contributed by atoms with van der Waals surface area (Å²) >= 11 is 0. The van der Waals surface area contributed by atoms with Crippen LogP contribution in [0.2, 0.25) is 0 Å². The Hall–Kier alpha value is -2.96. The lowest BCUT2D eigenvalue weighted by atomic mass is 9.96. The number of nitrogens with zero attached hydrogens (tertiary/aromatic N) is 2. The highest BCUT2D eigenvalue weighted by Gasteiger charge is 2.44. The molecule has 3 rings (SSSR count). The van der Waals surface area contributed by atoms with E-state index >= 15 is 0 Å². The normalized spacial score (nSPS) is 15.4. The van der Waals surface area contributed by atoms with E-state index in [0.29, 0.717) is 19.0 Å². The van der Waals surface area contributed by atoms with Gasteiger partial charge in [0.2, 0.25) is 0 Å². The molecule has 7 heteroatoms. The molecule has 2 N–H and O–H groups in total. The Bertz CT molecular complexity index is 834. The topological polar surface area (TPSA) is 79.6 Å². The number of rotatable bonds is 6. The van der Waals surface area contributed by atoms with Crippen molar-refractivity contribution in [2.75, 3.05) is 13.6 Å². The van der Waals surface area contributed by atoms with Crippen molar-refractivity contribution >= 4 is 11.6 Å². The monoisotopic (exact) mass is 356 g/mol. The standard InChI is InChI=1S/C19H21FN4O2/c1-21-18(22-12-14-4-2-7-17(10-14)24(25)26)23-13-19(8-9-19)15-5-3-6-16(20)11-15/h2-7,10-11H,8-9,12-13H2,1H3,(H2,21,22,23). The molecule has 0 bridgehead atoms. The average Bonchev–Trinajstić information content (AvgIpc) is 3.43. The first-order chi connectivity index (χ1) is 12.5. The predicted octanol–water partition coefficient (Wildman–Crippen LogP) is 3.13. The molecule has 1 saturated carbocycles. The summed E-state index contributed by atoms with van der Waals surface area (Å²) in [6, 6.07) is 13.2. The number of halogens is 1. The molecule has 2 aromatic rings. The van der Waals surface area contributed by atoms with E-state index in [0.717, 1.165) is 24.0 Å². The number of aliphatic imine (C=N–C) groups is 1. The van der Waals surface area contributed by atoms with Gasteiger partial charge in [-0.05, 0) is 36.1 Å². The van der Waals surface area contributed by atoms with E-state index in [2.05, 4.69) is 15.6 Å². The molecular weight excluding hydrogens is 335 g/mol. The maximum absolute atomic E-state index is 13.5. The predicted molar refractivity (Wildman–Crippen MR) is 98.6 cm³/mol. The number of hydrogen-bond acceptors (Lipinski definition) is 3. The van der Waals surface area contributed by atoms with Crippen LogP contribution in [0.15, 0.2) is 53.5 Å². The maximum Gasteiger partial charge on any atom is 0.269 e. The molecular formula is C19H21FN4O2. The van der Waals surface area contributed by atoms with Crippen molar-refractivity contribution in [1.82, 2.24) is 10.6 Å². The number of benzene rings is 2. The molecule has 0 aromatic heterocycles. The van der Waals surface area contributed by atoms with E-state index in [9.17, 15) is 14.5 Å². The number of nitro benzene ring substituents is 1. The minimum absolute atomic E-state index is 0.0503. The number of nitro groups is 1. The summed E-state index contributed by atoms with van der Waals surface area (Å²) in [6.45, 7) is 1.08. The summed E-state index contributed by atoms with van der Waals surface area (Å²) in [7, 11) is 1.67. The smallest absolute Gasteiger partial charge is 0.269 e. The zero-order chi connectivity index (χ0) is 18.6. The first kappa shape index (κ1) is 17.8. The highest BCUT2D eigenvalue weighted by molar-refractivity contribution is 5.79. The maximum atomic E-state index is 13.5. The summed E-state index contributed by atoms with van der Waals surface area (Å²) in [5.74, 6) is 0.390. The molecule has 0 spiro atoms. The molecule has 1 aliphatic carbocycles. The molecule has 136 valence electrons. The fourth-order valence-corrected chi connectivity index (χ4v) is 2.98. The first-order valence-electron chi connectivity index (χ1n) is 8.46. The van der Waals surface area contributed by atoms with Gasteiger partial charge in [0.1, 0.15) is 5.82 Å². The quantitative estimate of drug-likeness (QED) is 0.361. The highest BCUT2D eigenvalue weighted by Crippen LogP contribution is 2.47. The van der Waals surface area contributed by atoms with E-state index in [1.165, 1.54) is 18.2 Å². The van der Waals surface area contributed by atoms with Gasteiger partial charge in [0.05, 0.1) is 4.92 Å². The van der Waals surface area contributed by atoms with Gasteiger partial charge >= 0.3 is 0 Å². The van der Waals surface area contributed by atoms with Gasteiger partial charge in [-0.3, -0.25) is 15.1 Å². The van der Waals surface area contributed by atoms with E-state index in [1.807, 2.05) is 12.1 Å². The third kappa shape index (κ3) is 4.17. The fraction of sp³-hybridized carbons (Fsp3) is 0.316. The van der Waals surface area contributed by atoms with Crippen LogP contribution in [-0.2, 0) is 12.0 Å². The Morgan fingerprint density at radius 1 is 1.23 bits per heavy atom. The minimum Gasteiger partial charge on any atom is -0.356 e. The number of guanidine groups is 1. The number of non-ortho nitro benzene ring substituents is 1. The van der Waals surface area contributed by atoms with E-state index in [4.69, 9.17) is 0 Å². The van der Waals surface area contributed by atoms with E-state index in [-0.39, 0.29) is 16.9 Å². The summed E-state index contributed by atoms with van der Waals surface area (Å²) < 4.78 is 13.5. The first-order valence-corrected chi connectivity index (χ1v) is 8.46. The van der Waals surface area contributed by atoms with Crippen LogP contribution in [0, 0.1) is 15.9 Å². The van der Waals surface area contributed by atoms with Crippen molar-refractivity contribution in [3.8, 4) is 0 Å². The lowest BCUT2D eigenvalue weighted by Crippen LogP contribution is -2.40. The molecule has 0 radical (unpaired) electrons. The Kier molecular flexibility index (Phi) is 5.16. The largest absolute Gasteiger partial charge is 0.356 e. The second-order valence-electron chi connectivity index (χ2n) is 6.50. The van der Waals surface area contributed by atoms with Crippen LogP contribution in [-0.4, -0.2) is 24.5 Å². The van der Waals surface area contributed by atoms with Crippen molar-refractivity contribution in [2.24, 2.45) is 4.99 Å². The molecule has 1 aliphatic rings. The van der Waals surface area contributed by atoms with Crippen LogP contribution in [0.1, 0.15) is 24.0 Å². The van der Waals surface area contributed by atoms with Gasteiger partial charge in [-0.25, -0.2) is 4.39 Å². The second kappa shape index (κ2) is 7.51. The van der Waals surface area contributed by atoms with Gasteiger partial charge in [0.25, 0.3) is 5.69 Å². The Balaban J connectivity index is 1.57. The number of nitrogens with one attached hydrogen (secondary N) is 2. The molecule has 0 saturated heterocycles. The van der Waals surface area contributed by atoms with Crippen molar-refractivity contribution in [3.05, 3.63) is 75.6 Å². The molecule has 26 heavy (non-hydrogen) atoms. The third-order valence-corrected chi connectivity index (χ3v) is 4.69. The lowest BCUT2D eigenvalue weighted by molar-refractivity contribution is -0.384. The summed E-state index contributed by atoms with van der Waals surface area (Å²) in [4.78, 5) is 14.6. The van der Waals surface area contributed by atoms with E-state index < -0.39 is 4.92 Å². The molecule has 1 fully saturated rings. The molecule has 0 heterocycles. The Morgan fingerprint density at radius 3 is 2.65 bits per heavy atom. The molecule has 0 aliphatic heterocycles. The van der Waals surface area contributed by atoms with Gasteiger partial charge in [-0.15, -0.1) is 0 Å². The van der Waals surface area contributed by atoms with Crippen molar-refractivity contribution in [1.29, 1.82) is 0 Å². The molecule has 2 aromatic carbocycles. The Labute approximate surface area is 151 Å². The average molecular weight is 356 g/mol. The Morgan fingerprint density at radius 2 is 2.00 bits per heavy atom. The van der Waals surface area contributed by atoms with Gasteiger partial charge in [0.15, 0.2) is 5.96 Å². The van der Waals surface area contributed by atoms with Crippen LogP contribution in [0.4, 0.5) is 10.1 Å². The molecule has 0 unspecified atom stereocenters. The molecule has 0 amide bonds. The second-order valence-corrected chi connectivity index (χ2v) is 6.50. The number of hydrogen-bond donors (Lipinski definition) is 2. The van der Waals surface area contributed by atoms with Crippen molar-refractivity contribution in [3.63, 3.8) is 0 Å². The van der Waals surface area contributed by atoms with Gasteiger partial charge < -0.3 is 10.6 Å². The fourth-order valence-electron chi connectivity index (χ4n) is 2.98. The summed E-state index contributed by atoms with van der Waals surface area (Å²) in [5, 5.41) is 17.3. The van der Waals surface area contributed by atoms with Crippen molar-refractivity contribution in [2.45, 2.75) is 24.8 Å². The minimum atomic E-state index is -0.410. The zero-order valence-electron chi connectivity index (χ0n) is 14.5. The highest BCUT2D eigenvalue weighted by atomic mass is 19.1. The SMILES string of the molecule is CN=C(NCc1cccc([N+](=O)[O-])c1)NCC1(c2cccc(F)c2)CC1. The van der Waals surface area contributed by atoms with Crippen LogP contribution in [0.5, 0.6) is 0 Å². The van der Waals surface area contributed by atoms with Gasteiger partial charge in [-0.2, -0.15) is 0 Å². The van der Waals surface area contributed by atoms with Crippen LogP contribution >= 0.6 is 0 Å². The summed E-state index contributed by atoms with van der Waals surface area (Å²) in [5.41, 5.74) is 1.81. The third-order valence-electron chi connectivity index (χ3n) is 4.69. The molecule has 6 nitrogen and oxygen atoms in total. The van der Waals surface area contributed by atoms with Crippen LogP contribution < -0.4 is 10.6 Å². The summed E-state index contributed by atoms with van der Waals surface area (Å²) in [6.07, 6.45) is 2.01. The van der Waals surface area contributed by atoms with Crippen LogP contribution in [0.3, 0.4) is 0 Å². The van der Waals surface area contributed by atoms with Gasteiger partial charge in [-0.1, -0.05) is 24.3 Å². The zero-order valence-corrected chi connectivity index (χ0v) is 14.5. The van der Waals surface area contributed by atoms with Crippen molar-refractivity contribution < 1.29 is 9.31 Å². The van der Waals surface area contributed by atoms with Crippen LogP contribution in [0.25, 0.3) is 0 Å². The van der Waals surface area contributed by atoms with Gasteiger partial charge in [0, 0.05) is 37.7 Å². The molecule has 0 atom stereocenters.